The summed E-state index contributed by atoms with van der Waals surface area (Å²) >= 11 is 0. The monoisotopic (exact) mass is 579 g/mol. The second-order valence-electron chi connectivity index (χ2n) is 12.5. The summed E-state index contributed by atoms with van der Waals surface area (Å²) in [5.74, 6) is -0.567. The number of carbonyl (C=O) groups is 2. The number of hydrogen-bond acceptors (Lipinski definition) is 3. The molecule has 0 amide bonds. The first-order chi connectivity index (χ1) is 20.1. The van der Waals surface area contributed by atoms with E-state index < -0.39 is 5.97 Å². The van der Waals surface area contributed by atoms with Crippen LogP contribution in [0.4, 0.5) is 0 Å². The zero-order valence-electron chi connectivity index (χ0n) is 27.6. The molecule has 0 heterocycles. The second-order valence-corrected chi connectivity index (χ2v) is 12.5. The van der Waals surface area contributed by atoms with Crippen molar-refractivity contribution < 1.29 is 19.4 Å². The summed E-state index contributed by atoms with van der Waals surface area (Å²) in [7, 11) is 1.54. The summed E-state index contributed by atoms with van der Waals surface area (Å²) in [4.78, 5) is 22.7. The molecule has 0 aliphatic rings. The Bertz CT molecular complexity index is 585. The molecule has 0 rings (SSSR count). The zero-order valence-corrected chi connectivity index (χ0v) is 27.6. The van der Waals surface area contributed by atoms with E-state index in [0.29, 0.717) is 6.42 Å². The van der Waals surface area contributed by atoms with Crippen LogP contribution in [0.25, 0.3) is 0 Å². The maximum absolute atomic E-state index is 12.2. The van der Waals surface area contributed by atoms with E-state index in [0.717, 1.165) is 51.4 Å². The smallest absolute Gasteiger partial charge is 0.308 e. The van der Waals surface area contributed by atoms with Crippen LogP contribution in [0.15, 0.2) is 12.2 Å². The van der Waals surface area contributed by atoms with Gasteiger partial charge in [-0.05, 0) is 44.9 Å². The average molecular weight is 579 g/mol. The van der Waals surface area contributed by atoms with Gasteiger partial charge in [0.25, 0.3) is 0 Å². The molecule has 242 valence electrons. The molecule has 0 fully saturated rings. The summed E-state index contributed by atoms with van der Waals surface area (Å²) < 4.78 is 5.10. The molecule has 1 atom stereocenters. The number of unbranched alkanes of at least 4 members (excludes halogenated alkanes) is 24. The Balaban J connectivity index is 3.54. The summed E-state index contributed by atoms with van der Waals surface area (Å²) in [5, 5.41) is 8.64. The van der Waals surface area contributed by atoms with Crippen LogP contribution >= 0.6 is 0 Å². The van der Waals surface area contributed by atoms with Crippen LogP contribution in [-0.4, -0.2) is 24.2 Å². The lowest BCUT2D eigenvalue weighted by molar-refractivity contribution is -0.146. The molecule has 0 spiro atoms. The van der Waals surface area contributed by atoms with Crippen molar-refractivity contribution in [2.24, 2.45) is 5.92 Å². The third-order valence-electron chi connectivity index (χ3n) is 8.54. The Hall–Kier alpha value is -1.32. The quantitative estimate of drug-likeness (QED) is 0.0478. The molecule has 4 nitrogen and oxygen atoms in total. The van der Waals surface area contributed by atoms with Crippen molar-refractivity contribution in [1.82, 2.24) is 0 Å². The highest BCUT2D eigenvalue weighted by Crippen LogP contribution is 2.21. The fourth-order valence-corrected chi connectivity index (χ4v) is 5.80. The average Bonchev–Trinajstić information content (AvgIpc) is 2.97. The first kappa shape index (κ1) is 39.7. The standard InChI is InChI=1S/C37H70O4/c1-3-4-5-6-7-8-9-10-14-17-20-23-26-29-32-35(37(40)41-2)33-30-27-24-21-18-15-12-11-13-16-19-22-25-28-31-34-36(38)39/h11,13,35H,3-10,12,14-34H2,1-2H3,(H,38,39). The third-order valence-corrected chi connectivity index (χ3v) is 8.54. The maximum atomic E-state index is 12.2. The van der Waals surface area contributed by atoms with Gasteiger partial charge < -0.3 is 9.84 Å². The molecule has 4 heteroatoms. The molecule has 0 aliphatic carbocycles. The van der Waals surface area contributed by atoms with E-state index in [1.807, 2.05) is 0 Å². The predicted molar refractivity (Wildman–Crippen MR) is 176 cm³/mol. The lowest BCUT2D eigenvalue weighted by Crippen LogP contribution is -2.16. The number of allylic oxidation sites excluding steroid dienone is 2. The van der Waals surface area contributed by atoms with E-state index >= 15 is 0 Å². The van der Waals surface area contributed by atoms with Crippen LogP contribution in [0.2, 0.25) is 0 Å². The summed E-state index contributed by atoms with van der Waals surface area (Å²) in [6.07, 6.45) is 41.4. The number of carboxylic acids is 1. The van der Waals surface area contributed by atoms with E-state index in [9.17, 15) is 9.59 Å². The number of esters is 1. The van der Waals surface area contributed by atoms with E-state index in [-0.39, 0.29) is 11.9 Å². The highest BCUT2D eigenvalue weighted by atomic mass is 16.5. The minimum Gasteiger partial charge on any atom is -0.481 e. The van der Waals surface area contributed by atoms with E-state index in [1.54, 1.807) is 7.11 Å². The van der Waals surface area contributed by atoms with Crippen molar-refractivity contribution in [1.29, 1.82) is 0 Å². The molecular formula is C37H70O4. The predicted octanol–water partition coefficient (Wildman–Crippen LogP) is 12.1. The summed E-state index contributed by atoms with van der Waals surface area (Å²) in [6, 6.07) is 0. The van der Waals surface area contributed by atoms with Crippen molar-refractivity contribution in [3.05, 3.63) is 12.2 Å². The molecular weight excluding hydrogens is 508 g/mol. The number of carbonyl (C=O) groups excluding carboxylic acids is 1. The number of rotatable bonds is 33. The minimum absolute atomic E-state index is 0.00432. The Morgan fingerprint density at radius 1 is 0.537 bits per heavy atom. The molecule has 1 N–H and O–H groups in total. The van der Waals surface area contributed by atoms with Gasteiger partial charge in [0.2, 0.25) is 0 Å². The molecule has 0 radical (unpaired) electrons. The van der Waals surface area contributed by atoms with Crippen LogP contribution in [0, 0.1) is 5.92 Å². The summed E-state index contributed by atoms with van der Waals surface area (Å²) in [5.41, 5.74) is 0. The SMILES string of the molecule is CCCCCCCCCCCCCCCCC(CCCCCCCCC=CCCCCCCCC(=O)O)C(=O)OC. The van der Waals surface area contributed by atoms with Gasteiger partial charge in [0.15, 0.2) is 0 Å². The lowest BCUT2D eigenvalue weighted by Gasteiger charge is -2.14. The van der Waals surface area contributed by atoms with Crippen LogP contribution in [0.5, 0.6) is 0 Å². The highest BCUT2D eigenvalue weighted by Gasteiger charge is 2.18. The normalized spacial score (nSPS) is 12.2. The van der Waals surface area contributed by atoms with Crippen molar-refractivity contribution in [3.8, 4) is 0 Å². The first-order valence-electron chi connectivity index (χ1n) is 18.1. The van der Waals surface area contributed by atoms with Crippen LogP contribution < -0.4 is 0 Å². The summed E-state index contributed by atoms with van der Waals surface area (Å²) in [6.45, 7) is 2.28. The van der Waals surface area contributed by atoms with E-state index in [1.165, 1.54) is 135 Å². The van der Waals surface area contributed by atoms with Gasteiger partial charge in [-0.3, -0.25) is 9.59 Å². The molecule has 0 bridgehead atoms. The Morgan fingerprint density at radius 3 is 1.24 bits per heavy atom. The topological polar surface area (TPSA) is 63.6 Å². The van der Waals surface area contributed by atoms with Gasteiger partial charge in [0.1, 0.15) is 0 Å². The number of ether oxygens (including phenoxy) is 1. The fourth-order valence-electron chi connectivity index (χ4n) is 5.80. The number of aliphatic carboxylic acids is 1. The molecule has 0 saturated carbocycles. The molecule has 0 aromatic rings. The Labute approximate surface area is 255 Å². The Kier molecular flexibility index (Phi) is 32.1. The van der Waals surface area contributed by atoms with Crippen molar-refractivity contribution in [2.75, 3.05) is 7.11 Å². The first-order valence-corrected chi connectivity index (χ1v) is 18.1. The van der Waals surface area contributed by atoms with Gasteiger partial charge in [0, 0.05) is 6.42 Å². The van der Waals surface area contributed by atoms with Crippen molar-refractivity contribution in [2.45, 2.75) is 200 Å². The molecule has 0 aromatic heterocycles. The third kappa shape index (κ3) is 31.4. The highest BCUT2D eigenvalue weighted by molar-refractivity contribution is 5.72. The van der Waals surface area contributed by atoms with Gasteiger partial charge in [0.05, 0.1) is 13.0 Å². The van der Waals surface area contributed by atoms with E-state index in [2.05, 4.69) is 19.1 Å². The van der Waals surface area contributed by atoms with Crippen molar-refractivity contribution >= 4 is 11.9 Å². The molecule has 0 aromatic carbocycles. The van der Waals surface area contributed by atoms with Gasteiger partial charge in [-0.25, -0.2) is 0 Å². The molecule has 0 saturated heterocycles. The number of hydrogen-bond donors (Lipinski definition) is 1. The molecule has 1 unspecified atom stereocenters. The van der Waals surface area contributed by atoms with Crippen LogP contribution in [0.3, 0.4) is 0 Å². The van der Waals surface area contributed by atoms with Gasteiger partial charge in [-0.15, -0.1) is 0 Å². The van der Waals surface area contributed by atoms with Crippen LogP contribution in [0.1, 0.15) is 200 Å². The van der Waals surface area contributed by atoms with Gasteiger partial charge in [-0.1, -0.05) is 160 Å². The lowest BCUT2D eigenvalue weighted by atomic mass is 9.94. The zero-order chi connectivity index (χ0) is 30.1. The largest absolute Gasteiger partial charge is 0.481 e. The number of methoxy groups -OCH3 is 1. The minimum atomic E-state index is -0.675. The van der Waals surface area contributed by atoms with Crippen molar-refractivity contribution in [3.63, 3.8) is 0 Å². The maximum Gasteiger partial charge on any atom is 0.308 e. The Morgan fingerprint density at radius 2 is 0.878 bits per heavy atom. The fraction of sp³-hybridized carbons (Fsp3) is 0.892. The van der Waals surface area contributed by atoms with Crippen LogP contribution in [-0.2, 0) is 14.3 Å². The van der Waals surface area contributed by atoms with Gasteiger partial charge in [-0.2, -0.15) is 0 Å². The number of carboxylic acid groups (broad SMARTS) is 1. The molecule has 41 heavy (non-hydrogen) atoms. The van der Waals surface area contributed by atoms with E-state index in [4.69, 9.17) is 9.84 Å². The second kappa shape index (κ2) is 33.2. The molecule has 0 aliphatic heterocycles. The van der Waals surface area contributed by atoms with Gasteiger partial charge >= 0.3 is 11.9 Å².